The summed E-state index contributed by atoms with van der Waals surface area (Å²) in [7, 11) is 2.02. The summed E-state index contributed by atoms with van der Waals surface area (Å²) in [6.07, 6.45) is 7.22. The molecule has 5 aromatic rings. The molecule has 0 fully saturated rings. The second-order valence-electron chi connectivity index (χ2n) is 10.8. The number of benzene rings is 3. The molecule has 5 N–H and O–H groups in total. The molecule has 6 rings (SSSR count). The van der Waals surface area contributed by atoms with Gasteiger partial charge in [-0.1, -0.05) is 68.5 Å². The molecule has 2 amide bonds. The van der Waals surface area contributed by atoms with Gasteiger partial charge in [-0.2, -0.15) is 0 Å². The highest BCUT2D eigenvalue weighted by Crippen LogP contribution is 2.39. The number of para-hydroxylation sites is 1. The van der Waals surface area contributed by atoms with Crippen LogP contribution in [-0.2, 0) is 0 Å². The summed E-state index contributed by atoms with van der Waals surface area (Å²) in [5.41, 5.74) is 12.9. The van der Waals surface area contributed by atoms with Crippen molar-refractivity contribution >= 4 is 45.1 Å². The van der Waals surface area contributed by atoms with Crippen LogP contribution in [0, 0.1) is 0 Å². The number of nitrogens with one attached hydrogen (secondary N) is 3. The minimum atomic E-state index is -0.303. The van der Waals surface area contributed by atoms with Gasteiger partial charge in [0.25, 0.3) is 0 Å². The van der Waals surface area contributed by atoms with Gasteiger partial charge in [0, 0.05) is 28.6 Å². The average Bonchev–Trinajstić information content (AvgIpc) is 3.40. The van der Waals surface area contributed by atoms with Gasteiger partial charge in [0.15, 0.2) is 0 Å². The van der Waals surface area contributed by atoms with Crippen molar-refractivity contribution in [1.29, 1.82) is 0 Å². The van der Waals surface area contributed by atoms with Crippen LogP contribution in [0.5, 0.6) is 0 Å². The van der Waals surface area contributed by atoms with E-state index in [1.54, 1.807) is 0 Å². The van der Waals surface area contributed by atoms with Gasteiger partial charge >= 0.3 is 6.03 Å². The highest BCUT2D eigenvalue weighted by atomic mass is 16.2. The zero-order chi connectivity index (χ0) is 28.5. The van der Waals surface area contributed by atoms with E-state index in [9.17, 15) is 4.79 Å². The fourth-order valence-electron chi connectivity index (χ4n) is 5.72. The molecule has 8 heteroatoms. The predicted octanol–water partition coefficient (Wildman–Crippen LogP) is 7.05. The number of anilines is 3. The average molecular weight is 546 g/mol. The molecule has 208 valence electrons. The van der Waals surface area contributed by atoms with E-state index in [2.05, 4.69) is 51.3 Å². The number of aromatic nitrogens is 3. The molecular formula is C33H35N7O. The Morgan fingerprint density at radius 3 is 2.46 bits per heavy atom. The molecule has 2 aromatic heterocycles. The number of urea groups is 1. The summed E-state index contributed by atoms with van der Waals surface area (Å²) in [6, 6.07) is 21.6. The Bertz CT molecular complexity index is 1770. The molecule has 0 radical (unpaired) electrons. The quantitative estimate of drug-likeness (QED) is 0.183. The predicted molar refractivity (Wildman–Crippen MR) is 168 cm³/mol. The van der Waals surface area contributed by atoms with Crippen molar-refractivity contribution in [2.75, 3.05) is 23.4 Å². The van der Waals surface area contributed by atoms with E-state index in [4.69, 9.17) is 10.7 Å². The molecule has 0 spiro atoms. The molecular weight excluding hydrogens is 510 g/mol. The largest absolute Gasteiger partial charge is 0.382 e. The minimum Gasteiger partial charge on any atom is -0.382 e. The number of carbonyl (C=O) groups is 1. The number of hydrogen-bond acceptors (Lipinski definition) is 5. The molecule has 0 saturated heterocycles. The molecule has 0 aliphatic heterocycles. The maximum Gasteiger partial charge on any atom is 0.323 e. The fraction of sp³-hybridized carbons (Fsp3) is 0.242. The number of nitrogens with zero attached hydrogens (tertiary/aromatic N) is 3. The Morgan fingerprint density at radius 1 is 1.00 bits per heavy atom. The van der Waals surface area contributed by atoms with Crippen LogP contribution < -0.4 is 21.7 Å². The van der Waals surface area contributed by atoms with Gasteiger partial charge in [0.1, 0.15) is 22.9 Å². The molecule has 1 atom stereocenters. The summed E-state index contributed by atoms with van der Waals surface area (Å²) < 4.78 is 2.21. The van der Waals surface area contributed by atoms with Crippen LogP contribution in [0.25, 0.3) is 33.1 Å². The molecule has 1 aliphatic rings. The third-order valence-electron chi connectivity index (χ3n) is 7.84. The Morgan fingerprint density at radius 2 is 1.76 bits per heavy atom. The van der Waals surface area contributed by atoms with E-state index < -0.39 is 0 Å². The molecule has 1 unspecified atom stereocenters. The smallest absolute Gasteiger partial charge is 0.323 e. The van der Waals surface area contributed by atoms with E-state index in [1.165, 1.54) is 5.57 Å². The van der Waals surface area contributed by atoms with E-state index in [-0.39, 0.29) is 11.9 Å². The topological polar surface area (TPSA) is 109 Å². The highest BCUT2D eigenvalue weighted by molar-refractivity contribution is 6.11. The van der Waals surface area contributed by atoms with Crippen LogP contribution in [0.15, 0.2) is 79.0 Å². The number of imidazole rings is 1. The summed E-state index contributed by atoms with van der Waals surface area (Å²) in [6.45, 7) is 4.31. The number of rotatable bonds is 6. The third-order valence-corrected chi connectivity index (χ3v) is 7.84. The van der Waals surface area contributed by atoms with Crippen LogP contribution in [-0.4, -0.2) is 33.5 Å². The van der Waals surface area contributed by atoms with Crippen LogP contribution in [0.4, 0.5) is 22.0 Å². The van der Waals surface area contributed by atoms with Crippen molar-refractivity contribution in [3.8, 4) is 11.3 Å². The second-order valence-corrected chi connectivity index (χ2v) is 10.8. The van der Waals surface area contributed by atoms with Crippen molar-refractivity contribution in [2.45, 2.75) is 45.1 Å². The van der Waals surface area contributed by atoms with Crippen LogP contribution in [0.3, 0.4) is 0 Å². The van der Waals surface area contributed by atoms with E-state index in [0.717, 1.165) is 64.0 Å². The van der Waals surface area contributed by atoms with Crippen LogP contribution in [0.2, 0.25) is 0 Å². The molecule has 2 heterocycles. The van der Waals surface area contributed by atoms with Crippen LogP contribution >= 0.6 is 0 Å². The molecule has 8 nitrogen and oxygen atoms in total. The summed E-state index contributed by atoms with van der Waals surface area (Å²) >= 11 is 0. The number of carbonyl (C=O) groups excluding carboxylic acids is 1. The first-order valence-corrected chi connectivity index (χ1v) is 14.1. The van der Waals surface area contributed by atoms with Crippen molar-refractivity contribution in [1.82, 2.24) is 19.7 Å². The molecule has 0 bridgehead atoms. The van der Waals surface area contributed by atoms with Gasteiger partial charge < -0.3 is 21.7 Å². The van der Waals surface area contributed by atoms with Crippen molar-refractivity contribution in [3.05, 3.63) is 90.5 Å². The molecule has 0 saturated carbocycles. The van der Waals surface area contributed by atoms with Crippen LogP contribution in [0.1, 0.15) is 50.5 Å². The van der Waals surface area contributed by atoms with Gasteiger partial charge in [-0.15, -0.1) is 0 Å². The summed E-state index contributed by atoms with van der Waals surface area (Å²) in [4.78, 5) is 22.7. The first-order valence-electron chi connectivity index (χ1n) is 14.1. The summed E-state index contributed by atoms with van der Waals surface area (Å²) in [5.74, 6) is 1.56. The monoisotopic (exact) mass is 545 g/mol. The number of nitrogens with two attached hydrogens (primary N) is 1. The van der Waals surface area contributed by atoms with E-state index >= 15 is 0 Å². The molecule has 1 aliphatic carbocycles. The lowest BCUT2D eigenvalue weighted by Gasteiger charge is -2.22. The number of fused-ring (bicyclic) bond motifs is 2. The number of allylic oxidation sites excluding steroid dienone is 1. The lowest BCUT2D eigenvalue weighted by Crippen LogP contribution is -2.26. The molecule has 41 heavy (non-hydrogen) atoms. The standard InChI is InChI=1S/C33H35N7O/c1-20(2)32-39-29(30-31(34)36-19-28(40(30)32)21-13-15-22(35-3)16-14-21)26-17-18-27(25-12-8-7-11-24(25)26)38-33(41)37-23-9-5-4-6-10-23/h4-13,17-20,22,35H,14-16H2,1-3H3,(H2,34,36)(H2,37,38,41). The van der Waals surface area contributed by atoms with E-state index in [0.29, 0.717) is 17.5 Å². The number of amides is 2. The van der Waals surface area contributed by atoms with Gasteiger partial charge in [0.05, 0.1) is 17.6 Å². The summed E-state index contributed by atoms with van der Waals surface area (Å²) in [5, 5.41) is 11.2. The number of nitrogen functional groups attached to an aromatic ring is 1. The maximum atomic E-state index is 12.8. The Labute approximate surface area is 239 Å². The highest BCUT2D eigenvalue weighted by Gasteiger charge is 2.25. The first-order chi connectivity index (χ1) is 19.9. The first kappa shape index (κ1) is 26.5. The Hall–Kier alpha value is -4.69. The minimum absolute atomic E-state index is 0.167. The third kappa shape index (κ3) is 5.02. The lowest BCUT2D eigenvalue weighted by atomic mass is 9.93. The van der Waals surface area contributed by atoms with Crippen molar-refractivity contribution in [2.24, 2.45) is 0 Å². The normalized spacial score (nSPS) is 15.3. The molecule has 3 aromatic carbocycles. The fourth-order valence-corrected chi connectivity index (χ4v) is 5.72. The zero-order valence-electron chi connectivity index (χ0n) is 23.6. The number of hydrogen-bond donors (Lipinski definition) is 4. The van der Waals surface area contributed by atoms with Gasteiger partial charge in [-0.25, -0.2) is 14.8 Å². The van der Waals surface area contributed by atoms with Gasteiger partial charge in [-0.3, -0.25) is 4.40 Å². The van der Waals surface area contributed by atoms with E-state index in [1.807, 2.05) is 73.9 Å². The maximum absolute atomic E-state index is 12.8. The second kappa shape index (κ2) is 11.1. The van der Waals surface area contributed by atoms with Crippen molar-refractivity contribution in [3.63, 3.8) is 0 Å². The van der Waals surface area contributed by atoms with Crippen molar-refractivity contribution < 1.29 is 4.79 Å². The Balaban J connectivity index is 1.47. The SMILES string of the molecule is CNC1CC=C(c2cnc(N)c3c(-c4ccc(NC(=O)Nc5ccccc5)c5ccccc45)nc(C(C)C)n23)CC1. The van der Waals surface area contributed by atoms with Gasteiger partial charge in [-0.05, 0) is 55.5 Å². The van der Waals surface area contributed by atoms with Gasteiger partial charge in [0.2, 0.25) is 0 Å². The lowest BCUT2D eigenvalue weighted by molar-refractivity contribution is 0.262. The zero-order valence-corrected chi connectivity index (χ0v) is 23.6. The Kier molecular flexibility index (Phi) is 7.15.